The summed E-state index contributed by atoms with van der Waals surface area (Å²) in [5.74, 6) is -1.68. The lowest BCUT2D eigenvalue weighted by molar-refractivity contribution is -0.194. The third-order valence-electron chi connectivity index (χ3n) is 2.29. The van der Waals surface area contributed by atoms with Crippen LogP contribution >= 0.6 is 0 Å². The molecule has 0 saturated carbocycles. The molecule has 1 heterocycles. The molecule has 0 aromatic heterocycles. The summed E-state index contributed by atoms with van der Waals surface area (Å²) in [7, 11) is 0. The van der Waals surface area contributed by atoms with Crippen LogP contribution in [0.25, 0.3) is 0 Å². The SMILES string of the molecule is CC(=O)O[C@@H]1O[C@@H](C)[C@H](OC(C)=O)[C@H]1OC(C)=O. The first-order valence-corrected chi connectivity index (χ1v) is 5.48. The maximum absolute atomic E-state index is 11.0. The summed E-state index contributed by atoms with van der Waals surface area (Å²) in [6.07, 6.45) is -3.35. The standard InChI is InChI=1S/C11H16O7/c1-5-9(16-6(2)12)10(17-7(3)13)11(15-5)18-8(4)14/h5,9-11H,1-4H3/t5-,9-,10+,11-/m0/s1. The number of rotatable bonds is 3. The van der Waals surface area contributed by atoms with E-state index in [1.54, 1.807) is 6.92 Å². The van der Waals surface area contributed by atoms with Crippen molar-refractivity contribution < 1.29 is 33.3 Å². The molecule has 0 N–H and O–H groups in total. The molecular formula is C11H16O7. The first-order valence-electron chi connectivity index (χ1n) is 5.48. The van der Waals surface area contributed by atoms with E-state index in [1.807, 2.05) is 0 Å². The van der Waals surface area contributed by atoms with E-state index in [1.165, 1.54) is 20.8 Å². The average molecular weight is 260 g/mol. The highest BCUT2D eigenvalue weighted by atomic mass is 16.7. The van der Waals surface area contributed by atoms with Gasteiger partial charge in [0.15, 0.2) is 6.10 Å². The van der Waals surface area contributed by atoms with Crippen molar-refractivity contribution in [2.75, 3.05) is 0 Å². The Hall–Kier alpha value is -1.63. The highest BCUT2D eigenvalue weighted by molar-refractivity contribution is 5.68. The van der Waals surface area contributed by atoms with Crippen LogP contribution in [0.2, 0.25) is 0 Å². The zero-order valence-electron chi connectivity index (χ0n) is 10.7. The van der Waals surface area contributed by atoms with E-state index in [4.69, 9.17) is 18.9 Å². The van der Waals surface area contributed by atoms with Crippen molar-refractivity contribution in [1.82, 2.24) is 0 Å². The number of esters is 3. The molecule has 0 bridgehead atoms. The fourth-order valence-corrected chi connectivity index (χ4v) is 1.72. The Morgan fingerprint density at radius 1 is 0.833 bits per heavy atom. The molecule has 102 valence electrons. The normalized spacial score (nSPS) is 30.7. The van der Waals surface area contributed by atoms with Crippen molar-refractivity contribution in [3.8, 4) is 0 Å². The predicted molar refractivity (Wildman–Crippen MR) is 57.2 cm³/mol. The van der Waals surface area contributed by atoms with Crippen LogP contribution in [-0.4, -0.2) is 42.5 Å². The molecule has 1 fully saturated rings. The maximum Gasteiger partial charge on any atom is 0.305 e. The van der Waals surface area contributed by atoms with Gasteiger partial charge < -0.3 is 18.9 Å². The predicted octanol–water partition coefficient (Wildman–Crippen LogP) is 0.158. The molecule has 4 atom stereocenters. The van der Waals surface area contributed by atoms with Gasteiger partial charge in [-0.2, -0.15) is 0 Å². The van der Waals surface area contributed by atoms with Crippen LogP contribution in [0, 0.1) is 0 Å². The second-order valence-electron chi connectivity index (χ2n) is 3.97. The third kappa shape index (κ3) is 3.69. The summed E-state index contributed by atoms with van der Waals surface area (Å²) in [4.78, 5) is 32.9. The maximum atomic E-state index is 11.0. The third-order valence-corrected chi connectivity index (χ3v) is 2.29. The molecule has 0 aromatic rings. The molecule has 0 radical (unpaired) electrons. The van der Waals surface area contributed by atoms with E-state index >= 15 is 0 Å². The minimum Gasteiger partial charge on any atom is -0.456 e. The summed E-state index contributed by atoms with van der Waals surface area (Å²) in [5.41, 5.74) is 0. The molecule has 0 aliphatic carbocycles. The molecule has 1 aliphatic rings. The Balaban J connectivity index is 2.83. The summed E-state index contributed by atoms with van der Waals surface area (Å²) < 4.78 is 20.2. The van der Waals surface area contributed by atoms with Gasteiger partial charge in [-0.15, -0.1) is 0 Å². The molecular weight excluding hydrogens is 244 g/mol. The lowest BCUT2D eigenvalue weighted by Gasteiger charge is -2.22. The van der Waals surface area contributed by atoms with Crippen LogP contribution in [0.15, 0.2) is 0 Å². The summed E-state index contributed by atoms with van der Waals surface area (Å²) in [5, 5.41) is 0. The van der Waals surface area contributed by atoms with Crippen molar-refractivity contribution >= 4 is 17.9 Å². The van der Waals surface area contributed by atoms with Crippen LogP contribution in [0.3, 0.4) is 0 Å². The molecule has 0 amide bonds. The van der Waals surface area contributed by atoms with Gasteiger partial charge in [0, 0.05) is 20.8 Å². The lowest BCUT2D eigenvalue weighted by Crippen LogP contribution is -2.40. The van der Waals surface area contributed by atoms with Gasteiger partial charge in [0.05, 0.1) is 6.10 Å². The highest BCUT2D eigenvalue weighted by Crippen LogP contribution is 2.27. The molecule has 1 saturated heterocycles. The molecule has 18 heavy (non-hydrogen) atoms. The second kappa shape index (κ2) is 5.81. The van der Waals surface area contributed by atoms with Crippen LogP contribution in [0.5, 0.6) is 0 Å². The first kappa shape index (κ1) is 14.4. The van der Waals surface area contributed by atoms with Gasteiger partial charge in [-0.05, 0) is 6.92 Å². The molecule has 0 unspecified atom stereocenters. The van der Waals surface area contributed by atoms with E-state index < -0.39 is 42.5 Å². The minimum atomic E-state index is -1.06. The van der Waals surface area contributed by atoms with E-state index in [-0.39, 0.29) is 0 Å². The Bertz CT molecular complexity index is 351. The van der Waals surface area contributed by atoms with Crippen molar-refractivity contribution in [2.45, 2.75) is 52.3 Å². The summed E-state index contributed by atoms with van der Waals surface area (Å²) in [6.45, 7) is 5.28. The van der Waals surface area contributed by atoms with E-state index in [9.17, 15) is 14.4 Å². The summed E-state index contributed by atoms with van der Waals surface area (Å²) >= 11 is 0. The number of carbonyl (C=O) groups excluding carboxylic acids is 3. The van der Waals surface area contributed by atoms with Crippen molar-refractivity contribution in [3.63, 3.8) is 0 Å². The molecule has 1 aliphatic heterocycles. The van der Waals surface area contributed by atoms with E-state index in [0.29, 0.717) is 0 Å². The molecule has 7 heteroatoms. The van der Waals surface area contributed by atoms with Crippen LogP contribution < -0.4 is 0 Å². The lowest BCUT2D eigenvalue weighted by atomic mass is 10.1. The minimum absolute atomic E-state index is 0.531. The molecule has 0 spiro atoms. The Morgan fingerprint density at radius 3 is 1.72 bits per heavy atom. The molecule has 0 aromatic carbocycles. The second-order valence-corrected chi connectivity index (χ2v) is 3.97. The zero-order chi connectivity index (χ0) is 13.9. The van der Waals surface area contributed by atoms with Gasteiger partial charge in [0.25, 0.3) is 0 Å². The topological polar surface area (TPSA) is 88.1 Å². The van der Waals surface area contributed by atoms with Crippen LogP contribution in [0.1, 0.15) is 27.7 Å². The fourth-order valence-electron chi connectivity index (χ4n) is 1.72. The van der Waals surface area contributed by atoms with Gasteiger partial charge >= 0.3 is 17.9 Å². The van der Waals surface area contributed by atoms with Crippen LogP contribution in [-0.2, 0) is 33.3 Å². The van der Waals surface area contributed by atoms with Gasteiger partial charge in [-0.3, -0.25) is 14.4 Å². The fraction of sp³-hybridized carbons (Fsp3) is 0.727. The number of ether oxygens (including phenoxy) is 4. The van der Waals surface area contributed by atoms with Crippen molar-refractivity contribution in [2.24, 2.45) is 0 Å². The van der Waals surface area contributed by atoms with Crippen molar-refractivity contribution in [3.05, 3.63) is 0 Å². The quantitative estimate of drug-likeness (QED) is 0.527. The van der Waals surface area contributed by atoms with Gasteiger partial charge in [0.2, 0.25) is 12.4 Å². The number of carbonyl (C=O) groups is 3. The van der Waals surface area contributed by atoms with Gasteiger partial charge in [-0.25, -0.2) is 0 Å². The van der Waals surface area contributed by atoms with Gasteiger partial charge in [-0.1, -0.05) is 0 Å². The zero-order valence-corrected chi connectivity index (χ0v) is 10.7. The van der Waals surface area contributed by atoms with Crippen molar-refractivity contribution in [1.29, 1.82) is 0 Å². The van der Waals surface area contributed by atoms with E-state index in [2.05, 4.69) is 0 Å². The summed E-state index contributed by atoms with van der Waals surface area (Å²) in [6, 6.07) is 0. The van der Waals surface area contributed by atoms with Gasteiger partial charge in [0.1, 0.15) is 0 Å². The molecule has 7 nitrogen and oxygen atoms in total. The monoisotopic (exact) mass is 260 g/mol. The Labute approximate surface area is 104 Å². The Kier molecular flexibility index (Phi) is 4.66. The number of hydrogen-bond donors (Lipinski definition) is 0. The first-order chi connectivity index (χ1) is 8.31. The largest absolute Gasteiger partial charge is 0.456 e. The molecule has 1 rings (SSSR count). The van der Waals surface area contributed by atoms with E-state index in [0.717, 1.165) is 0 Å². The number of hydrogen-bond acceptors (Lipinski definition) is 7. The van der Waals surface area contributed by atoms with Crippen LogP contribution in [0.4, 0.5) is 0 Å². The average Bonchev–Trinajstić information content (AvgIpc) is 2.43. The highest BCUT2D eigenvalue weighted by Gasteiger charge is 2.49. The smallest absolute Gasteiger partial charge is 0.305 e. The Morgan fingerprint density at radius 2 is 1.28 bits per heavy atom.